The van der Waals surface area contributed by atoms with Crippen LogP contribution in [0.2, 0.25) is 0 Å². The first kappa shape index (κ1) is 17.1. The van der Waals surface area contributed by atoms with Gasteiger partial charge in [-0.25, -0.2) is 23.0 Å². The number of carboxylic acid groups (broad SMARTS) is 1. The van der Waals surface area contributed by atoms with Gasteiger partial charge in [-0.2, -0.15) is 4.99 Å². The number of carbonyl (C=O) groups is 1. The highest BCUT2D eigenvalue weighted by molar-refractivity contribution is 6.06. The topological polar surface area (TPSA) is 117 Å². The molecule has 2 aliphatic rings. The zero-order valence-corrected chi connectivity index (χ0v) is 13.1. The molecule has 0 bridgehead atoms. The third kappa shape index (κ3) is 2.67. The second-order valence-electron chi connectivity index (χ2n) is 6.00. The molecule has 1 aliphatic carbocycles. The van der Waals surface area contributed by atoms with Crippen molar-refractivity contribution in [2.24, 2.45) is 21.5 Å². The minimum atomic E-state index is -1.93. The lowest BCUT2D eigenvalue weighted by Gasteiger charge is -2.45. The Bertz CT molecular complexity index is 803. The van der Waals surface area contributed by atoms with E-state index in [1.54, 1.807) is 0 Å². The quantitative estimate of drug-likeness (QED) is 0.701. The third-order valence-corrected chi connectivity index (χ3v) is 4.44. The molecule has 0 aromatic heterocycles. The van der Waals surface area contributed by atoms with Gasteiger partial charge in [-0.15, -0.1) is 0 Å². The van der Waals surface area contributed by atoms with E-state index in [2.05, 4.69) is 9.98 Å². The molecule has 1 aromatic carbocycles. The van der Waals surface area contributed by atoms with Crippen LogP contribution in [0.3, 0.4) is 0 Å². The van der Waals surface area contributed by atoms with Crippen LogP contribution in [0.25, 0.3) is 0 Å². The Labute approximate surface area is 140 Å². The lowest BCUT2D eigenvalue weighted by atomic mass is 9.87. The maximum atomic E-state index is 14.7. The largest absolute Gasteiger partial charge is 0.477 e. The van der Waals surface area contributed by atoms with Gasteiger partial charge >= 0.3 is 5.97 Å². The lowest BCUT2D eigenvalue weighted by Crippen LogP contribution is -2.58. The number of hydrogen-bond donors (Lipinski definition) is 3. The van der Waals surface area contributed by atoms with Crippen LogP contribution in [-0.4, -0.2) is 28.7 Å². The molecule has 7 nitrogen and oxygen atoms in total. The van der Waals surface area contributed by atoms with Gasteiger partial charge < -0.3 is 16.6 Å². The van der Waals surface area contributed by atoms with E-state index >= 15 is 0 Å². The van der Waals surface area contributed by atoms with Crippen molar-refractivity contribution in [1.29, 1.82) is 0 Å². The van der Waals surface area contributed by atoms with Crippen LogP contribution in [0, 0.1) is 17.5 Å². The Morgan fingerprint density at radius 2 is 1.80 bits per heavy atom. The van der Waals surface area contributed by atoms with Crippen LogP contribution in [0.5, 0.6) is 0 Å². The van der Waals surface area contributed by atoms with Crippen LogP contribution >= 0.6 is 0 Å². The van der Waals surface area contributed by atoms with Crippen LogP contribution in [0.15, 0.2) is 16.1 Å². The number of rotatable bonds is 2. The minimum Gasteiger partial charge on any atom is -0.477 e. The molecule has 0 unspecified atom stereocenters. The highest BCUT2D eigenvalue weighted by Crippen LogP contribution is 2.41. The molecule has 1 aliphatic heterocycles. The first-order valence-electron chi connectivity index (χ1n) is 7.67. The number of halogens is 3. The van der Waals surface area contributed by atoms with E-state index in [9.17, 15) is 18.0 Å². The maximum absolute atomic E-state index is 14.7. The minimum absolute atomic E-state index is 0.0999. The summed E-state index contributed by atoms with van der Waals surface area (Å²) in [5.41, 5.74) is 8.52. The van der Waals surface area contributed by atoms with E-state index in [-0.39, 0.29) is 11.9 Å². The number of hydrogen-bond acceptors (Lipinski definition) is 6. The summed E-state index contributed by atoms with van der Waals surface area (Å²) in [6, 6.07) is 0.562. The molecule has 0 saturated heterocycles. The molecule has 10 heteroatoms. The number of carboxylic acids is 1. The van der Waals surface area contributed by atoms with E-state index in [4.69, 9.17) is 16.6 Å². The van der Waals surface area contributed by atoms with Gasteiger partial charge in [0.15, 0.2) is 17.5 Å². The van der Waals surface area contributed by atoms with Crippen LogP contribution in [0.4, 0.5) is 18.9 Å². The Balaban J connectivity index is 2.23. The van der Waals surface area contributed by atoms with Gasteiger partial charge in [0.1, 0.15) is 11.2 Å². The molecule has 25 heavy (non-hydrogen) atoms. The summed E-state index contributed by atoms with van der Waals surface area (Å²) in [6.45, 7) is 0. The Morgan fingerprint density at radius 3 is 2.40 bits per heavy atom. The van der Waals surface area contributed by atoms with Crippen molar-refractivity contribution in [2.45, 2.75) is 37.8 Å². The average Bonchev–Trinajstić information content (AvgIpc) is 2.52. The van der Waals surface area contributed by atoms with Gasteiger partial charge in [-0.1, -0.05) is 6.42 Å². The number of benzene rings is 1. The van der Waals surface area contributed by atoms with E-state index in [1.165, 1.54) is 0 Å². The van der Waals surface area contributed by atoms with Crippen molar-refractivity contribution < 1.29 is 23.1 Å². The number of aliphatic imine (C=N–C) groups is 2. The average molecular weight is 355 g/mol. The van der Waals surface area contributed by atoms with Gasteiger partial charge in [0.05, 0.1) is 5.69 Å². The molecular weight excluding hydrogens is 339 g/mol. The van der Waals surface area contributed by atoms with Crippen LogP contribution in [-0.2, 0) is 0 Å². The van der Waals surface area contributed by atoms with Crippen molar-refractivity contribution in [3.05, 3.63) is 29.1 Å². The highest BCUT2D eigenvalue weighted by Gasteiger charge is 2.44. The fourth-order valence-electron chi connectivity index (χ4n) is 3.41. The summed E-state index contributed by atoms with van der Waals surface area (Å²) in [4.78, 5) is 20.3. The molecule has 0 atom stereocenters. The van der Waals surface area contributed by atoms with Gasteiger partial charge in [0, 0.05) is 6.07 Å². The number of nitrogens with two attached hydrogens (primary N) is 2. The first-order valence-corrected chi connectivity index (χ1v) is 7.67. The van der Waals surface area contributed by atoms with E-state index in [1.807, 2.05) is 0 Å². The zero-order valence-electron chi connectivity index (χ0n) is 13.1. The molecule has 3 rings (SSSR count). The second-order valence-corrected chi connectivity index (χ2v) is 6.00. The molecule has 1 heterocycles. The lowest BCUT2D eigenvalue weighted by molar-refractivity contribution is 0.0685. The number of nitrogens with zero attached hydrogens (tertiary/aromatic N) is 3. The number of anilines is 1. The van der Waals surface area contributed by atoms with Crippen LogP contribution in [0.1, 0.15) is 42.5 Å². The number of guanidine groups is 2. The van der Waals surface area contributed by atoms with Gasteiger partial charge in [0.25, 0.3) is 0 Å². The van der Waals surface area contributed by atoms with Gasteiger partial charge in [-0.05, 0) is 25.7 Å². The fraction of sp³-hybridized carbons (Fsp3) is 0.400. The smallest absolute Gasteiger partial charge is 0.341 e. The summed E-state index contributed by atoms with van der Waals surface area (Å²) < 4.78 is 42.4. The summed E-state index contributed by atoms with van der Waals surface area (Å²) in [7, 11) is 0. The van der Waals surface area contributed by atoms with Gasteiger partial charge in [-0.3, -0.25) is 4.90 Å². The van der Waals surface area contributed by atoms with Gasteiger partial charge in [0.2, 0.25) is 11.9 Å². The molecule has 0 amide bonds. The van der Waals surface area contributed by atoms with Crippen molar-refractivity contribution in [3.63, 3.8) is 0 Å². The molecule has 1 saturated carbocycles. The van der Waals surface area contributed by atoms with Crippen molar-refractivity contribution >= 4 is 23.6 Å². The maximum Gasteiger partial charge on any atom is 0.341 e. The molecule has 5 N–H and O–H groups in total. The fourth-order valence-corrected chi connectivity index (χ4v) is 3.41. The Kier molecular flexibility index (Phi) is 4.05. The molecule has 1 fully saturated rings. The molecule has 0 radical (unpaired) electrons. The van der Waals surface area contributed by atoms with Crippen molar-refractivity contribution in [1.82, 2.24) is 0 Å². The first-order chi connectivity index (χ1) is 11.8. The molecule has 1 aromatic rings. The summed E-state index contributed by atoms with van der Waals surface area (Å²) in [6.07, 6.45) is 3.26. The summed E-state index contributed by atoms with van der Waals surface area (Å²) in [5.74, 6) is -7.00. The van der Waals surface area contributed by atoms with E-state index in [0.717, 1.165) is 24.2 Å². The number of aromatic carboxylic acids is 1. The normalized spacial score (nSPS) is 19.6. The monoisotopic (exact) mass is 355 g/mol. The molecular formula is C15H16F3N5O2. The van der Waals surface area contributed by atoms with E-state index in [0.29, 0.717) is 18.9 Å². The van der Waals surface area contributed by atoms with Crippen LogP contribution < -0.4 is 16.4 Å². The third-order valence-electron chi connectivity index (χ3n) is 4.44. The Hall–Kier alpha value is -2.78. The summed E-state index contributed by atoms with van der Waals surface area (Å²) in [5, 5.41) is 9.03. The Morgan fingerprint density at radius 1 is 1.16 bits per heavy atom. The van der Waals surface area contributed by atoms with Crippen molar-refractivity contribution in [3.8, 4) is 0 Å². The predicted octanol–water partition coefficient (Wildman–Crippen LogP) is 1.91. The summed E-state index contributed by atoms with van der Waals surface area (Å²) >= 11 is 0. The highest BCUT2D eigenvalue weighted by atomic mass is 19.2. The zero-order chi connectivity index (χ0) is 18.4. The van der Waals surface area contributed by atoms with E-state index < -0.39 is 40.3 Å². The van der Waals surface area contributed by atoms with Crippen molar-refractivity contribution in [2.75, 3.05) is 4.90 Å². The molecule has 134 valence electrons. The second kappa shape index (κ2) is 5.94. The SMILES string of the molecule is NC1=NC2(CCCCC2)N(c2cc(F)c(F)c(C(=O)O)c2F)C(N)=N1. The standard InChI is InChI=1S/C15H16F3N5O2/c16-7-6-8(11(18)9(10(7)17)12(24)25)23-14(20)21-13(19)22-15(23)4-2-1-3-5-15/h6H,1-5H2,(H,24,25)(H4,19,20,21,22). The molecule has 1 spiro atoms. The predicted molar refractivity (Wildman–Crippen MR) is 84.8 cm³/mol.